The van der Waals surface area contributed by atoms with Gasteiger partial charge in [0.05, 0.1) is 5.69 Å². The van der Waals surface area contributed by atoms with Crippen molar-refractivity contribution in [1.29, 1.82) is 0 Å². The molecule has 0 saturated carbocycles. The van der Waals surface area contributed by atoms with Crippen LogP contribution in [-0.4, -0.2) is 73.9 Å². The molecule has 2 saturated heterocycles. The second kappa shape index (κ2) is 5.66. The van der Waals surface area contributed by atoms with E-state index in [-0.39, 0.29) is 17.2 Å². The maximum Gasteiger partial charge on any atom is 0.244 e. The van der Waals surface area contributed by atoms with E-state index < -0.39 is 0 Å². The second-order valence-electron chi connectivity index (χ2n) is 7.73. The summed E-state index contributed by atoms with van der Waals surface area (Å²) in [7, 11) is 2.13. The number of aromatic amines is 1. The monoisotopic (exact) mass is 343 g/mol. The van der Waals surface area contributed by atoms with Gasteiger partial charge in [0.15, 0.2) is 5.82 Å². The number of likely N-dealkylation sites (tertiary alicyclic amines) is 2. The Morgan fingerprint density at radius 2 is 2.08 bits per heavy atom. The predicted octanol–water partition coefficient (Wildman–Crippen LogP) is 0.484. The molecule has 1 N–H and O–H groups in total. The average Bonchev–Trinajstić information content (AvgIpc) is 3.15. The highest BCUT2D eigenvalue weighted by Gasteiger charge is 2.56. The Balaban J connectivity index is 1.45. The van der Waals surface area contributed by atoms with Gasteiger partial charge in [0.1, 0.15) is 12.4 Å². The van der Waals surface area contributed by atoms with Crippen LogP contribution in [-0.2, 0) is 11.3 Å². The number of hydrogen-bond acceptors (Lipinski definition) is 5. The third-order valence-corrected chi connectivity index (χ3v) is 5.50. The molecule has 2 aliphatic heterocycles. The Bertz CT molecular complexity index is 802. The highest BCUT2D eigenvalue weighted by molar-refractivity contribution is 5.77. The van der Waals surface area contributed by atoms with Gasteiger partial charge in [-0.05, 0) is 33.9 Å². The van der Waals surface area contributed by atoms with Crippen molar-refractivity contribution in [2.45, 2.75) is 33.2 Å². The van der Waals surface area contributed by atoms with E-state index in [0.29, 0.717) is 6.54 Å². The summed E-state index contributed by atoms with van der Waals surface area (Å²) in [6.07, 6.45) is 0. The van der Waals surface area contributed by atoms with Gasteiger partial charge in [0.2, 0.25) is 5.91 Å². The van der Waals surface area contributed by atoms with Crippen molar-refractivity contribution < 1.29 is 4.79 Å². The van der Waals surface area contributed by atoms with Crippen molar-refractivity contribution in [3.63, 3.8) is 0 Å². The summed E-state index contributed by atoms with van der Waals surface area (Å²) in [5.41, 5.74) is 2.05. The lowest BCUT2D eigenvalue weighted by Gasteiger charge is -2.50. The Morgan fingerprint density at radius 1 is 1.32 bits per heavy atom. The molecule has 0 radical (unpaired) electrons. The molecule has 8 heteroatoms. The lowest BCUT2D eigenvalue weighted by Crippen LogP contribution is -2.62. The number of aromatic nitrogens is 5. The number of carbonyl (C=O) groups is 1. The van der Waals surface area contributed by atoms with E-state index in [0.717, 1.165) is 49.2 Å². The normalized spacial score (nSPS) is 22.6. The summed E-state index contributed by atoms with van der Waals surface area (Å²) in [4.78, 5) is 21.4. The quantitative estimate of drug-likeness (QED) is 0.877. The van der Waals surface area contributed by atoms with Crippen molar-refractivity contribution >= 4 is 5.91 Å². The van der Waals surface area contributed by atoms with Crippen LogP contribution in [0.4, 0.5) is 0 Å². The average molecular weight is 343 g/mol. The summed E-state index contributed by atoms with van der Waals surface area (Å²) >= 11 is 0. The van der Waals surface area contributed by atoms with E-state index in [1.807, 2.05) is 31.7 Å². The lowest BCUT2D eigenvalue weighted by molar-refractivity contribution is -0.144. The number of aryl methyl sites for hydroxylation is 3. The zero-order valence-electron chi connectivity index (χ0n) is 15.3. The minimum absolute atomic E-state index is 0.0775. The Kier molecular flexibility index (Phi) is 3.68. The van der Waals surface area contributed by atoms with Crippen LogP contribution in [0.15, 0.2) is 6.07 Å². The van der Waals surface area contributed by atoms with Crippen molar-refractivity contribution in [1.82, 2.24) is 34.8 Å². The molecular weight excluding hydrogens is 318 g/mol. The molecule has 2 aromatic rings. The van der Waals surface area contributed by atoms with Gasteiger partial charge in [-0.15, -0.1) is 0 Å². The lowest BCUT2D eigenvalue weighted by atomic mass is 9.71. The van der Waals surface area contributed by atoms with Gasteiger partial charge < -0.3 is 9.80 Å². The first-order valence-corrected chi connectivity index (χ1v) is 8.72. The van der Waals surface area contributed by atoms with Crippen LogP contribution in [0.1, 0.15) is 29.0 Å². The zero-order valence-corrected chi connectivity index (χ0v) is 15.3. The van der Waals surface area contributed by atoms with Gasteiger partial charge in [0, 0.05) is 43.2 Å². The maximum atomic E-state index is 12.6. The molecular formula is C17H25N7O. The first kappa shape index (κ1) is 16.3. The molecule has 1 atom stereocenters. The van der Waals surface area contributed by atoms with E-state index in [2.05, 4.69) is 32.2 Å². The fourth-order valence-electron chi connectivity index (χ4n) is 4.36. The van der Waals surface area contributed by atoms with Crippen molar-refractivity contribution in [2.75, 3.05) is 33.2 Å². The van der Waals surface area contributed by atoms with Gasteiger partial charge >= 0.3 is 0 Å². The van der Waals surface area contributed by atoms with Crippen molar-refractivity contribution in [2.24, 2.45) is 5.41 Å². The molecule has 0 aromatic carbocycles. The molecule has 0 bridgehead atoms. The van der Waals surface area contributed by atoms with Gasteiger partial charge in [0.25, 0.3) is 0 Å². The minimum atomic E-state index is 0.0775. The molecule has 8 nitrogen and oxygen atoms in total. The van der Waals surface area contributed by atoms with Crippen molar-refractivity contribution in [3.05, 3.63) is 29.1 Å². The molecule has 4 heterocycles. The number of amides is 1. The van der Waals surface area contributed by atoms with E-state index in [4.69, 9.17) is 0 Å². The Hall–Kier alpha value is -2.22. The first-order chi connectivity index (χ1) is 11.9. The minimum Gasteiger partial charge on any atom is -0.340 e. The number of likely N-dealkylation sites (N-methyl/N-ethyl adjacent to an activating group) is 1. The number of rotatable bonds is 3. The predicted molar refractivity (Wildman–Crippen MR) is 92.1 cm³/mol. The molecule has 0 aliphatic carbocycles. The maximum absolute atomic E-state index is 12.6. The Labute approximate surface area is 147 Å². The van der Waals surface area contributed by atoms with Crippen LogP contribution in [0, 0.1) is 26.2 Å². The highest BCUT2D eigenvalue weighted by atomic mass is 16.2. The van der Waals surface area contributed by atoms with E-state index in [9.17, 15) is 4.79 Å². The van der Waals surface area contributed by atoms with Gasteiger partial charge in [-0.25, -0.2) is 4.98 Å². The standard InChI is InChI=1S/C17H25N7O/c1-11-5-12(2)24(21-11)7-15(25)23-9-17(10-23)8-22(4)6-14(17)16-18-13(3)19-20-16/h5,14H,6-10H2,1-4H3,(H,18,19,20). The highest BCUT2D eigenvalue weighted by Crippen LogP contribution is 2.47. The number of carbonyl (C=O) groups excluding carboxylic acids is 1. The first-order valence-electron chi connectivity index (χ1n) is 8.72. The summed E-state index contributed by atoms with van der Waals surface area (Å²) in [5.74, 6) is 2.14. The SMILES string of the molecule is Cc1cc(C)n(CC(=O)N2CC3(CN(C)CC3c3n[nH]c(C)n3)C2)n1. The molecule has 4 rings (SSSR count). The largest absolute Gasteiger partial charge is 0.340 e. The third-order valence-electron chi connectivity index (χ3n) is 5.50. The van der Waals surface area contributed by atoms with Crippen LogP contribution in [0.25, 0.3) is 0 Å². The summed E-state index contributed by atoms with van der Waals surface area (Å²) in [5, 5.41) is 11.7. The summed E-state index contributed by atoms with van der Waals surface area (Å²) in [6, 6.07) is 2.00. The van der Waals surface area contributed by atoms with Gasteiger partial charge in [-0.2, -0.15) is 10.2 Å². The molecule has 25 heavy (non-hydrogen) atoms. The molecule has 2 aliphatic rings. The van der Waals surface area contributed by atoms with E-state index in [1.165, 1.54) is 0 Å². The molecule has 1 unspecified atom stereocenters. The number of nitrogens with zero attached hydrogens (tertiary/aromatic N) is 6. The topological polar surface area (TPSA) is 82.9 Å². The van der Waals surface area contributed by atoms with Gasteiger partial charge in [-0.3, -0.25) is 14.6 Å². The smallest absolute Gasteiger partial charge is 0.244 e. The zero-order chi connectivity index (χ0) is 17.8. The van der Waals surface area contributed by atoms with Crippen LogP contribution < -0.4 is 0 Å². The van der Waals surface area contributed by atoms with Gasteiger partial charge in [-0.1, -0.05) is 0 Å². The van der Waals surface area contributed by atoms with Crippen LogP contribution >= 0.6 is 0 Å². The molecule has 2 aromatic heterocycles. The fourth-order valence-corrected chi connectivity index (χ4v) is 4.36. The fraction of sp³-hybridized carbons (Fsp3) is 0.647. The molecule has 2 fully saturated rings. The van der Waals surface area contributed by atoms with E-state index >= 15 is 0 Å². The molecule has 1 amide bonds. The van der Waals surface area contributed by atoms with Crippen molar-refractivity contribution in [3.8, 4) is 0 Å². The number of hydrogen-bond donors (Lipinski definition) is 1. The summed E-state index contributed by atoms with van der Waals surface area (Å²) < 4.78 is 1.79. The van der Waals surface area contributed by atoms with Crippen LogP contribution in [0.3, 0.4) is 0 Å². The third kappa shape index (κ3) is 2.74. The second-order valence-corrected chi connectivity index (χ2v) is 7.73. The molecule has 134 valence electrons. The van der Waals surface area contributed by atoms with E-state index in [1.54, 1.807) is 4.68 Å². The van der Waals surface area contributed by atoms with Crippen LogP contribution in [0.2, 0.25) is 0 Å². The number of H-pyrrole nitrogens is 1. The van der Waals surface area contributed by atoms with Crippen LogP contribution in [0.5, 0.6) is 0 Å². The molecule has 1 spiro atoms. The summed E-state index contributed by atoms with van der Waals surface area (Å²) in [6.45, 7) is 9.64. The Morgan fingerprint density at radius 3 is 2.68 bits per heavy atom. The number of nitrogens with one attached hydrogen (secondary N) is 1.